The van der Waals surface area contributed by atoms with Crippen molar-refractivity contribution in [2.45, 2.75) is 52.1 Å². The van der Waals surface area contributed by atoms with Gasteiger partial charge in [-0.1, -0.05) is 11.6 Å². The van der Waals surface area contributed by atoms with Crippen LogP contribution >= 0.6 is 0 Å². The molecule has 0 radical (unpaired) electrons. The first-order valence-corrected chi connectivity index (χ1v) is 10.6. The summed E-state index contributed by atoms with van der Waals surface area (Å²) in [6, 6.07) is 5.71. The number of hydrogen-bond acceptors (Lipinski definition) is 4. The molecule has 0 unspecified atom stereocenters. The summed E-state index contributed by atoms with van der Waals surface area (Å²) in [4.78, 5) is 27.2. The Hall–Kier alpha value is -2.83. The molecule has 30 heavy (non-hydrogen) atoms. The Morgan fingerprint density at radius 2 is 1.97 bits per heavy atom. The van der Waals surface area contributed by atoms with Gasteiger partial charge >= 0.3 is 0 Å². The molecule has 1 aromatic heterocycles. The molecule has 1 saturated heterocycles. The second kappa shape index (κ2) is 7.78. The van der Waals surface area contributed by atoms with Crippen molar-refractivity contribution in [2.24, 2.45) is 7.05 Å². The normalized spacial score (nSPS) is 17.9. The van der Waals surface area contributed by atoms with Crippen molar-refractivity contribution in [1.29, 1.82) is 0 Å². The molecule has 0 aliphatic carbocycles. The predicted octanol–water partition coefficient (Wildman–Crippen LogP) is 2.46. The summed E-state index contributed by atoms with van der Waals surface area (Å²) < 4.78 is 8.24. The van der Waals surface area contributed by atoms with Crippen LogP contribution in [0.15, 0.2) is 18.2 Å². The smallest absolute Gasteiger partial charge is 0.255 e. The van der Waals surface area contributed by atoms with Crippen LogP contribution in [0.4, 0.5) is 0 Å². The average Bonchev–Trinajstić information content (AvgIpc) is 2.88. The number of rotatable bonds is 3. The maximum atomic E-state index is 12.8. The van der Waals surface area contributed by atoms with Crippen LogP contribution in [0.2, 0.25) is 0 Å². The molecule has 0 saturated carbocycles. The first kappa shape index (κ1) is 20.4. The molecule has 7 heteroatoms. The number of aromatic nitrogens is 2. The minimum atomic E-state index is -0.455. The van der Waals surface area contributed by atoms with Crippen molar-refractivity contribution in [2.75, 3.05) is 19.6 Å². The molecule has 1 fully saturated rings. The minimum absolute atomic E-state index is 0.0914. The Morgan fingerprint density at radius 3 is 2.63 bits per heavy atom. The lowest BCUT2D eigenvalue weighted by atomic mass is 9.90. The van der Waals surface area contributed by atoms with Crippen LogP contribution < -0.4 is 10.1 Å². The maximum absolute atomic E-state index is 12.8. The number of nitrogens with one attached hydrogen (secondary N) is 1. The third-order valence-corrected chi connectivity index (χ3v) is 6.55. The zero-order valence-corrected chi connectivity index (χ0v) is 18.2. The Bertz CT molecular complexity index is 987. The van der Waals surface area contributed by atoms with E-state index >= 15 is 0 Å². The number of aryl methyl sites for hydroxylation is 3. The minimum Gasteiger partial charge on any atom is -0.484 e. The van der Waals surface area contributed by atoms with Gasteiger partial charge in [-0.15, -0.1) is 0 Å². The van der Waals surface area contributed by atoms with Gasteiger partial charge in [-0.3, -0.25) is 14.3 Å². The molecular weight excluding hydrogens is 380 g/mol. The second-order valence-electron chi connectivity index (χ2n) is 8.62. The molecule has 160 valence electrons. The fourth-order valence-corrected chi connectivity index (χ4v) is 4.53. The highest BCUT2D eigenvalue weighted by atomic mass is 16.5. The highest BCUT2D eigenvalue weighted by Crippen LogP contribution is 2.33. The Labute approximate surface area is 177 Å². The summed E-state index contributed by atoms with van der Waals surface area (Å²) in [5.74, 6) is 0.713. The van der Waals surface area contributed by atoms with E-state index in [1.807, 2.05) is 55.6 Å². The summed E-state index contributed by atoms with van der Waals surface area (Å²) in [6.45, 7) is 7.75. The van der Waals surface area contributed by atoms with E-state index in [2.05, 4.69) is 10.4 Å². The van der Waals surface area contributed by atoms with Crippen molar-refractivity contribution in [3.8, 4) is 5.75 Å². The summed E-state index contributed by atoms with van der Waals surface area (Å²) >= 11 is 0. The van der Waals surface area contributed by atoms with Gasteiger partial charge in [0.1, 0.15) is 11.4 Å². The molecule has 1 N–H and O–H groups in total. The van der Waals surface area contributed by atoms with Gasteiger partial charge in [0, 0.05) is 45.1 Å². The molecule has 0 bridgehead atoms. The van der Waals surface area contributed by atoms with E-state index in [4.69, 9.17) is 4.74 Å². The number of benzene rings is 1. The SMILES string of the molecule is Cc1ccc2c(c1)C(=O)NCC1(CCN(C(=O)CCc3c(C)nn(C)c3C)CC1)O2. The van der Waals surface area contributed by atoms with Crippen LogP contribution in [0.5, 0.6) is 5.75 Å². The van der Waals surface area contributed by atoms with E-state index in [0.29, 0.717) is 56.6 Å². The van der Waals surface area contributed by atoms with Gasteiger partial charge in [0.05, 0.1) is 17.8 Å². The number of hydrogen-bond donors (Lipinski definition) is 1. The van der Waals surface area contributed by atoms with Crippen molar-refractivity contribution in [1.82, 2.24) is 20.0 Å². The largest absolute Gasteiger partial charge is 0.484 e. The van der Waals surface area contributed by atoms with Crippen molar-refractivity contribution in [3.05, 3.63) is 46.3 Å². The third-order valence-electron chi connectivity index (χ3n) is 6.55. The summed E-state index contributed by atoms with van der Waals surface area (Å²) in [7, 11) is 1.93. The number of nitrogens with zero attached hydrogens (tertiary/aromatic N) is 3. The standard InChI is InChI=1S/C23H30N4O3/c1-15-5-7-20-19(13-15)22(29)24-14-23(30-20)9-11-27(12-10-23)21(28)8-6-18-16(2)25-26(4)17(18)3/h5,7,13H,6,8-12,14H2,1-4H3,(H,24,29). The zero-order valence-electron chi connectivity index (χ0n) is 18.2. The molecule has 1 aromatic carbocycles. The van der Waals surface area contributed by atoms with Gasteiger partial charge in [0.25, 0.3) is 5.91 Å². The Balaban J connectivity index is 1.39. The van der Waals surface area contributed by atoms with E-state index in [0.717, 1.165) is 17.0 Å². The van der Waals surface area contributed by atoms with Gasteiger partial charge in [0.2, 0.25) is 5.91 Å². The number of ether oxygens (including phenoxy) is 1. The topological polar surface area (TPSA) is 76.5 Å². The maximum Gasteiger partial charge on any atom is 0.255 e. The monoisotopic (exact) mass is 410 g/mol. The molecule has 0 atom stereocenters. The van der Waals surface area contributed by atoms with E-state index in [1.54, 1.807) is 0 Å². The molecular formula is C23H30N4O3. The summed E-state index contributed by atoms with van der Waals surface area (Å²) in [6.07, 6.45) is 2.61. The number of carbonyl (C=O) groups is 2. The fraction of sp³-hybridized carbons (Fsp3) is 0.522. The molecule has 3 heterocycles. The van der Waals surface area contributed by atoms with Crippen LogP contribution in [-0.4, -0.2) is 51.7 Å². The van der Waals surface area contributed by atoms with Gasteiger partial charge in [-0.2, -0.15) is 5.10 Å². The van der Waals surface area contributed by atoms with Gasteiger partial charge in [-0.25, -0.2) is 0 Å². The van der Waals surface area contributed by atoms with Crippen molar-refractivity contribution in [3.63, 3.8) is 0 Å². The molecule has 2 aliphatic heterocycles. The Morgan fingerprint density at radius 1 is 1.23 bits per heavy atom. The van der Waals surface area contributed by atoms with Crippen LogP contribution in [0.1, 0.15) is 52.1 Å². The van der Waals surface area contributed by atoms with Crippen LogP contribution in [0.3, 0.4) is 0 Å². The van der Waals surface area contributed by atoms with E-state index < -0.39 is 5.60 Å². The zero-order chi connectivity index (χ0) is 21.5. The number of amides is 2. The van der Waals surface area contributed by atoms with Gasteiger partial charge < -0.3 is 15.0 Å². The quantitative estimate of drug-likeness (QED) is 0.843. The number of likely N-dealkylation sites (tertiary alicyclic amines) is 1. The fourth-order valence-electron chi connectivity index (χ4n) is 4.53. The Kier molecular flexibility index (Phi) is 5.30. The van der Waals surface area contributed by atoms with Crippen molar-refractivity contribution < 1.29 is 14.3 Å². The van der Waals surface area contributed by atoms with Crippen molar-refractivity contribution >= 4 is 11.8 Å². The average molecular weight is 411 g/mol. The number of piperidine rings is 1. The van der Waals surface area contributed by atoms with E-state index in [-0.39, 0.29) is 11.8 Å². The number of carbonyl (C=O) groups excluding carboxylic acids is 2. The molecule has 2 aliphatic rings. The lowest BCUT2D eigenvalue weighted by Gasteiger charge is -2.41. The first-order chi connectivity index (χ1) is 14.3. The summed E-state index contributed by atoms with van der Waals surface area (Å²) in [5.41, 5.74) is 4.45. The molecule has 7 nitrogen and oxygen atoms in total. The van der Waals surface area contributed by atoms with Crippen LogP contribution in [-0.2, 0) is 18.3 Å². The van der Waals surface area contributed by atoms with Crippen LogP contribution in [0.25, 0.3) is 0 Å². The predicted molar refractivity (Wildman–Crippen MR) is 114 cm³/mol. The summed E-state index contributed by atoms with van der Waals surface area (Å²) in [5, 5.41) is 7.45. The van der Waals surface area contributed by atoms with E-state index in [1.165, 1.54) is 5.56 Å². The second-order valence-corrected chi connectivity index (χ2v) is 8.62. The number of fused-ring (bicyclic) bond motifs is 1. The molecule has 4 rings (SSSR count). The molecule has 2 amide bonds. The first-order valence-electron chi connectivity index (χ1n) is 10.6. The lowest BCUT2D eigenvalue weighted by Crippen LogP contribution is -2.54. The van der Waals surface area contributed by atoms with Gasteiger partial charge in [-0.05, 0) is 44.9 Å². The van der Waals surface area contributed by atoms with Gasteiger partial charge in [0.15, 0.2) is 0 Å². The van der Waals surface area contributed by atoms with Crippen LogP contribution in [0, 0.1) is 20.8 Å². The highest BCUT2D eigenvalue weighted by Gasteiger charge is 2.40. The lowest BCUT2D eigenvalue weighted by molar-refractivity contribution is -0.134. The third kappa shape index (κ3) is 3.80. The van der Waals surface area contributed by atoms with E-state index in [9.17, 15) is 9.59 Å². The molecule has 2 aromatic rings. The molecule has 1 spiro atoms. The highest BCUT2D eigenvalue weighted by molar-refractivity contribution is 5.97.